The summed E-state index contributed by atoms with van der Waals surface area (Å²) in [4.78, 5) is 23.9. The molecule has 0 atom stereocenters. The summed E-state index contributed by atoms with van der Waals surface area (Å²) in [7, 11) is 0. The normalized spacial score (nSPS) is 17.2. The number of esters is 2. The standard InChI is InChI=1S/C18H24O4.C2H6O2/c19-17-15-10-9-11-16(14-15)18(20)22-13-8-6-4-2-1-3-5-7-12-21-17;3-1-2-4/h9-11,14H,1-8,12-13H2;3-4H,1-2H2. The van der Waals surface area contributed by atoms with E-state index in [1.165, 1.54) is 25.7 Å². The van der Waals surface area contributed by atoms with Gasteiger partial charge in [-0.15, -0.1) is 0 Å². The molecule has 146 valence electrons. The second-order valence-electron chi connectivity index (χ2n) is 6.13. The molecular weight excluding hydrogens is 336 g/mol. The molecule has 6 nitrogen and oxygen atoms in total. The highest BCUT2D eigenvalue weighted by atomic mass is 16.5. The van der Waals surface area contributed by atoms with Gasteiger partial charge in [0.15, 0.2) is 0 Å². The number of fused-ring (bicyclic) bond motifs is 2. The molecule has 0 radical (unpaired) electrons. The molecule has 1 aliphatic rings. The maximum atomic E-state index is 12.0. The molecule has 0 aliphatic carbocycles. The largest absolute Gasteiger partial charge is 0.462 e. The fourth-order valence-corrected chi connectivity index (χ4v) is 2.53. The average Bonchev–Trinajstić information content (AvgIpc) is 2.68. The van der Waals surface area contributed by atoms with Crippen LogP contribution in [0.25, 0.3) is 0 Å². The molecular formula is C20H30O6. The second-order valence-corrected chi connectivity index (χ2v) is 6.13. The highest BCUT2D eigenvalue weighted by Crippen LogP contribution is 2.12. The fraction of sp³-hybridized carbons (Fsp3) is 0.600. The molecule has 0 aromatic heterocycles. The number of benzene rings is 1. The summed E-state index contributed by atoms with van der Waals surface area (Å²) in [6, 6.07) is 6.55. The van der Waals surface area contributed by atoms with Crippen molar-refractivity contribution in [2.24, 2.45) is 0 Å². The van der Waals surface area contributed by atoms with Crippen molar-refractivity contribution < 1.29 is 29.3 Å². The van der Waals surface area contributed by atoms with E-state index in [1.807, 2.05) is 0 Å². The molecule has 0 saturated heterocycles. The monoisotopic (exact) mass is 366 g/mol. The summed E-state index contributed by atoms with van der Waals surface area (Å²) in [5.41, 5.74) is 0.803. The topological polar surface area (TPSA) is 93.1 Å². The number of cyclic esters (lactones) is 2. The SMILES string of the molecule is O=C1OCCCCCCCCCCOC(=O)c2cccc1c2.OCCO. The van der Waals surface area contributed by atoms with E-state index in [0.29, 0.717) is 24.3 Å². The molecule has 0 spiro atoms. The highest BCUT2D eigenvalue weighted by Gasteiger charge is 2.12. The molecule has 1 aromatic rings. The van der Waals surface area contributed by atoms with Crippen LogP contribution >= 0.6 is 0 Å². The number of carbonyl (C=O) groups is 2. The maximum absolute atomic E-state index is 12.0. The van der Waals surface area contributed by atoms with Crippen molar-refractivity contribution in [2.45, 2.75) is 51.4 Å². The van der Waals surface area contributed by atoms with Gasteiger partial charge in [-0.2, -0.15) is 0 Å². The summed E-state index contributed by atoms with van der Waals surface area (Å²) >= 11 is 0. The average molecular weight is 366 g/mol. The number of ether oxygens (including phenoxy) is 2. The quantitative estimate of drug-likeness (QED) is 0.742. The summed E-state index contributed by atoms with van der Waals surface area (Å²) in [6.07, 6.45) is 8.78. The van der Waals surface area contributed by atoms with Crippen LogP contribution in [0.5, 0.6) is 0 Å². The third-order valence-corrected chi connectivity index (χ3v) is 3.94. The molecule has 1 heterocycles. The van der Waals surface area contributed by atoms with Gasteiger partial charge in [-0.1, -0.05) is 44.6 Å². The number of hydrogen-bond donors (Lipinski definition) is 2. The van der Waals surface area contributed by atoms with Crippen LogP contribution in [0.15, 0.2) is 24.3 Å². The summed E-state index contributed by atoms with van der Waals surface area (Å²) in [6.45, 7) is 0.626. The van der Waals surface area contributed by atoms with Gasteiger partial charge in [-0.3, -0.25) is 0 Å². The van der Waals surface area contributed by atoms with Crippen molar-refractivity contribution in [3.63, 3.8) is 0 Å². The number of aliphatic hydroxyl groups is 2. The zero-order valence-corrected chi connectivity index (χ0v) is 15.3. The molecule has 0 unspecified atom stereocenters. The molecule has 0 saturated carbocycles. The Hall–Kier alpha value is -1.92. The first-order valence-corrected chi connectivity index (χ1v) is 9.35. The van der Waals surface area contributed by atoms with E-state index >= 15 is 0 Å². The Balaban J connectivity index is 0.000000765. The second kappa shape index (κ2) is 14.3. The smallest absolute Gasteiger partial charge is 0.338 e. The Bertz CT molecular complexity index is 486. The van der Waals surface area contributed by atoms with Gasteiger partial charge in [0, 0.05) is 0 Å². The van der Waals surface area contributed by atoms with Crippen molar-refractivity contribution in [3.05, 3.63) is 35.4 Å². The third kappa shape index (κ3) is 9.53. The highest BCUT2D eigenvalue weighted by molar-refractivity contribution is 5.95. The van der Waals surface area contributed by atoms with E-state index in [1.54, 1.807) is 24.3 Å². The first kappa shape index (κ1) is 22.1. The fourth-order valence-electron chi connectivity index (χ4n) is 2.53. The minimum absolute atomic E-state index is 0.125. The van der Waals surface area contributed by atoms with Crippen LogP contribution in [0.4, 0.5) is 0 Å². The molecule has 2 N–H and O–H groups in total. The Labute approximate surface area is 155 Å². The number of aliphatic hydroxyl groups excluding tert-OH is 2. The van der Waals surface area contributed by atoms with Crippen LogP contribution in [0.3, 0.4) is 0 Å². The van der Waals surface area contributed by atoms with Gasteiger partial charge in [-0.25, -0.2) is 9.59 Å². The van der Waals surface area contributed by atoms with Gasteiger partial charge in [0.1, 0.15) is 0 Å². The number of rotatable bonds is 1. The third-order valence-electron chi connectivity index (χ3n) is 3.94. The van der Waals surface area contributed by atoms with Gasteiger partial charge in [-0.05, 0) is 31.0 Å². The first-order valence-electron chi connectivity index (χ1n) is 9.35. The maximum Gasteiger partial charge on any atom is 0.338 e. The van der Waals surface area contributed by atoms with Crippen molar-refractivity contribution in [3.8, 4) is 0 Å². The van der Waals surface area contributed by atoms with E-state index in [4.69, 9.17) is 19.7 Å². The van der Waals surface area contributed by atoms with E-state index in [0.717, 1.165) is 25.7 Å². The molecule has 1 aromatic carbocycles. The molecule has 2 bridgehead atoms. The molecule has 0 amide bonds. The van der Waals surface area contributed by atoms with Crippen molar-refractivity contribution >= 4 is 11.9 Å². The van der Waals surface area contributed by atoms with E-state index in [9.17, 15) is 9.59 Å². The predicted molar refractivity (Wildman–Crippen MR) is 98.1 cm³/mol. The van der Waals surface area contributed by atoms with Crippen LogP contribution in [-0.4, -0.2) is 48.6 Å². The van der Waals surface area contributed by atoms with Gasteiger partial charge in [0.05, 0.1) is 37.6 Å². The lowest BCUT2D eigenvalue weighted by Crippen LogP contribution is -2.10. The molecule has 6 heteroatoms. The molecule has 1 aliphatic heterocycles. The van der Waals surface area contributed by atoms with Gasteiger partial charge >= 0.3 is 11.9 Å². The van der Waals surface area contributed by atoms with E-state index < -0.39 is 0 Å². The number of hydrogen-bond acceptors (Lipinski definition) is 6. The molecule has 26 heavy (non-hydrogen) atoms. The molecule has 0 fully saturated rings. The lowest BCUT2D eigenvalue weighted by Gasteiger charge is -2.07. The number of carbonyl (C=O) groups excluding carboxylic acids is 2. The van der Waals surface area contributed by atoms with Crippen LogP contribution in [0, 0.1) is 0 Å². The Morgan fingerprint density at radius 2 is 1.08 bits per heavy atom. The summed E-state index contributed by atoms with van der Waals surface area (Å²) < 4.78 is 10.5. The van der Waals surface area contributed by atoms with Crippen LogP contribution in [0.2, 0.25) is 0 Å². The first-order chi connectivity index (χ1) is 12.7. The molecule has 2 rings (SSSR count). The summed E-state index contributed by atoms with van der Waals surface area (Å²) in [5, 5.41) is 15.2. The van der Waals surface area contributed by atoms with Crippen LogP contribution in [-0.2, 0) is 9.47 Å². The Morgan fingerprint density at radius 3 is 1.46 bits per heavy atom. The van der Waals surface area contributed by atoms with Gasteiger partial charge < -0.3 is 19.7 Å². The minimum atomic E-state index is -0.376. The van der Waals surface area contributed by atoms with Gasteiger partial charge in [0.25, 0.3) is 0 Å². The van der Waals surface area contributed by atoms with E-state index in [2.05, 4.69) is 0 Å². The zero-order valence-electron chi connectivity index (χ0n) is 15.3. The van der Waals surface area contributed by atoms with Crippen LogP contribution in [0.1, 0.15) is 72.1 Å². The van der Waals surface area contributed by atoms with E-state index in [-0.39, 0.29) is 25.2 Å². The zero-order chi connectivity index (χ0) is 19.0. The predicted octanol–water partition coefficient (Wildman–Crippen LogP) is 3.11. The minimum Gasteiger partial charge on any atom is -0.462 e. The van der Waals surface area contributed by atoms with Crippen molar-refractivity contribution in [2.75, 3.05) is 26.4 Å². The van der Waals surface area contributed by atoms with Gasteiger partial charge in [0.2, 0.25) is 0 Å². The van der Waals surface area contributed by atoms with Crippen molar-refractivity contribution in [1.29, 1.82) is 0 Å². The lowest BCUT2D eigenvalue weighted by atomic mass is 10.1. The Morgan fingerprint density at radius 1 is 0.692 bits per heavy atom. The van der Waals surface area contributed by atoms with Crippen molar-refractivity contribution in [1.82, 2.24) is 0 Å². The van der Waals surface area contributed by atoms with Crippen LogP contribution < -0.4 is 0 Å². The Kier molecular flexibility index (Phi) is 12.1. The lowest BCUT2D eigenvalue weighted by molar-refractivity contribution is 0.0497. The summed E-state index contributed by atoms with van der Waals surface area (Å²) in [5.74, 6) is -0.752.